The van der Waals surface area contributed by atoms with Crippen molar-refractivity contribution in [3.63, 3.8) is 0 Å². The molecule has 0 aliphatic heterocycles. The van der Waals surface area contributed by atoms with Crippen LogP contribution >= 0.6 is 0 Å². The highest BCUT2D eigenvalue weighted by atomic mass is 16.3. The summed E-state index contributed by atoms with van der Waals surface area (Å²) in [6.07, 6.45) is 12.0. The van der Waals surface area contributed by atoms with Gasteiger partial charge in [0.1, 0.15) is 5.78 Å². The molecule has 0 saturated carbocycles. The highest BCUT2D eigenvalue weighted by Gasteiger charge is 2.13. The first kappa shape index (κ1) is 18.6. The molecule has 0 aromatic carbocycles. The van der Waals surface area contributed by atoms with Crippen molar-refractivity contribution in [3.05, 3.63) is 0 Å². The fourth-order valence-electron chi connectivity index (χ4n) is 2.20. The molecule has 0 saturated heterocycles. The van der Waals surface area contributed by atoms with Crippen molar-refractivity contribution in [3.8, 4) is 0 Å². The van der Waals surface area contributed by atoms with Crippen molar-refractivity contribution in [1.29, 1.82) is 0 Å². The van der Waals surface area contributed by atoms with Crippen LogP contribution in [0.1, 0.15) is 91.4 Å². The van der Waals surface area contributed by atoms with Gasteiger partial charge in [0.2, 0.25) is 0 Å². The molecular weight excluding hydrogens is 236 g/mol. The van der Waals surface area contributed by atoms with Crippen molar-refractivity contribution < 1.29 is 9.90 Å². The second-order valence-electron chi connectivity index (χ2n) is 6.13. The Balaban J connectivity index is 3.27. The lowest BCUT2D eigenvalue weighted by Crippen LogP contribution is -2.19. The van der Waals surface area contributed by atoms with E-state index in [0.717, 1.165) is 12.8 Å². The maximum absolute atomic E-state index is 11.6. The van der Waals surface area contributed by atoms with Crippen LogP contribution in [0.4, 0.5) is 0 Å². The third-order valence-electron chi connectivity index (χ3n) is 3.77. The Kier molecular flexibility index (Phi) is 12.4. The molecule has 0 fully saturated rings. The third kappa shape index (κ3) is 12.4. The molecule has 0 aliphatic carbocycles. The molecule has 0 heterocycles. The number of carbonyl (C=O) groups is 1. The van der Waals surface area contributed by atoms with Gasteiger partial charge in [-0.05, 0) is 12.3 Å². The van der Waals surface area contributed by atoms with Crippen LogP contribution in [0.25, 0.3) is 0 Å². The Morgan fingerprint density at radius 1 is 0.895 bits per heavy atom. The minimum atomic E-state index is -0.453. The van der Waals surface area contributed by atoms with Crippen molar-refractivity contribution in [2.24, 2.45) is 5.92 Å². The largest absolute Gasteiger partial charge is 0.392 e. The van der Waals surface area contributed by atoms with Gasteiger partial charge in [-0.25, -0.2) is 0 Å². The van der Waals surface area contributed by atoms with E-state index in [2.05, 4.69) is 6.92 Å². The van der Waals surface area contributed by atoms with E-state index in [-0.39, 0.29) is 11.7 Å². The molecule has 114 valence electrons. The smallest absolute Gasteiger partial charge is 0.135 e. The van der Waals surface area contributed by atoms with E-state index in [4.69, 9.17) is 0 Å². The summed E-state index contributed by atoms with van der Waals surface area (Å²) in [5.41, 5.74) is 0. The molecule has 0 amide bonds. The third-order valence-corrected chi connectivity index (χ3v) is 3.77. The fraction of sp³-hybridized carbons (Fsp3) is 0.941. The summed E-state index contributed by atoms with van der Waals surface area (Å²) in [5.74, 6) is 0.413. The summed E-state index contributed by atoms with van der Waals surface area (Å²) in [6.45, 7) is 6.15. The maximum Gasteiger partial charge on any atom is 0.135 e. The Labute approximate surface area is 120 Å². The number of hydrogen-bond donors (Lipinski definition) is 1. The monoisotopic (exact) mass is 270 g/mol. The van der Waals surface area contributed by atoms with Gasteiger partial charge < -0.3 is 5.11 Å². The van der Waals surface area contributed by atoms with Gasteiger partial charge in [0.25, 0.3) is 0 Å². The van der Waals surface area contributed by atoms with Gasteiger partial charge in [-0.1, -0.05) is 72.1 Å². The van der Waals surface area contributed by atoms with Crippen LogP contribution in [0, 0.1) is 5.92 Å². The van der Waals surface area contributed by atoms with Crippen LogP contribution in [0.2, 0.25) is 0 Å². The maximum atomic E-state index is 11.6. The van der Waals surface area contributed by atoms with E-state index in [0.29, 0.717) is 12.8 Å². The predicted octanol–water partition coefficient (Wildman–Crippen LogP) is 4.88. The van der Waals surface area contributed by atoms with Gasteiger partial charge in [0.05, 0.1) is 6.10 Å². The van der Waals surface area contributed by atoms with Crippen LogP contribution in [-0.2, 0) is 4.79 Å². The molecule has 1 N–H and O–H groups in total. The first-order valence-corrected chi connectivity index (χ1v) is 8.27. The number of aliphatic hydroxyl groups excluding tert-OH is 1. The van der Waals surface area contributed by atoms with Crippen LogP contribution < -0.4 is 0 Å². The molecule has 0 bridgehead atoms. The number of rotatable bonds is 13. The van der Waals surface area contributed by atoms with Crippen LogP contribution in [-0.4, -0.2) is 17.0 Å². The van der Waals surface area contributed by atoms with Crippen molar-refractivity contribution in [2.75, 3.05) is 0 Å². The Hall–Kier alpha value is -0.370. The zero-order chi connectivity index (χ0) is 14.5. The van der Waals surface area contributed by atoms with E-state index in [1.807, 2.05) is 13.8 Å². The molecule has 2 nitrogen and oxygen atoms in total. The normalized spacial score (nSPS) is 12.9. The minimum Gasteiger partial charge on any atom is -0.392 e. The SMILES string of the molecule is CCCCCCCCCCCC(=O)C[C@@H](O)C(C)C. The van der Waals surface area contributed by atoms with Crippen molar-refractivity contribution in [2.45, 2.75) is 97.5 Å². The second kappa shape index (κ2) is 12.7. The number of carbonyl (C=O) groups excluding carboxylic acids is 1. The summed E-state index contributed by atoms with van der Waals surface area (Å²) in [6, 6.07) is 0. The van der Waals surface area contributed by atoms with E-state index < -0.39 is 6.10 Å². The van der Waals surface area contributed by atoms with Gasteiger partial charge in [-0.2, -0.15) is 0 Å². The molecule has 0 unspecified atom stereocenters. The molecule has 0 rings (SSSR count). The number of aliphatic hydroxyl groups is 1. The number of ketones is 1. The topological polar surface area (TPSA) is 37.3 Å². The molecule has 0 radical (unpaired) electrons. The number of unbranched alkanes of at least 4 members (excludes halogenated alkanes) is 8. The summed E-state index contributed by atoms with van der Waals surface area (Å²) >= 11 is 0. The number of Topliss-reactive ketones (excluding diaryl/α,β-unsaturated/α-hetero) is 1. The molecule has 0 aliphatic rings. The highest BCUT2D eigenvalue weighted by molar-refractivity contribution is 5.78. The fourth-order valence-corrected chi connectivity index (χ4v) is 2.20. The van der Waals surface area contributed by atoms with Crippen molar-refractivity contribution >= 4 is 5.78 Å². The standard InChI is InChI=1S/C17H34O2/c1-4-5-6-7-8-9-10-11-12-13-16(18)14-17(19)15(2)3/h15,17,19H,4-14H2,1-3H3/t17-/m1/s1. The summed E-state index contributed by atoms with van der Waals surface area (Å²) < 4.78 is 0. The van der Waals surface area contributed by atoms with E-state index in [1.54, 1.807) is 0 Å². The van der Waals surface area contributed by atoms with Crippen LogP contribution in [0.15, 0.2) is 0 Å². The lowest BCUT2D eigenvalue weighted by atomic mass is 9.99. The second-order valence-corrected chi connectivity index (χ2v) is 6.13. The Bertz CT molecular complexity index is 211. The Morgan fingerprint density at radius 2 is 1.37 bits per heavy atom. The Morgan fingerprint density at radius 3 is 1.84 bits per heavy atom. The number of hydrogen-bond acceptors (Lipinski definition) is 2. The quantitative estimate of drug-likeness (QED) is 0.484. The molecule has 19 heavy (non-hydrogen) atoms. The lowest BCUT2D eigenvalue weighted by Gasteiger charge is -2.12. The van der Waals surface area contributed by atoms with Crippen LogP contribution in [0.5, 0.6) is 0 Å². The highest BCUT2D eigenvalue weighted by Crippen LogP contribution is 2.12. The van der Waals surface area contributed by atoms with Gasteiger partial charge in [-0.15, -0.1) is 0 Å². The van der Waals surface area contributed by atoms with Gasteiger partial charge in [-0.3, -0.25) is 4.79 Å². The minimum absolute atomic E-state index is 0.187. The first-order chi connectivity index (χ1) is 9.07. The molecular formula is C17H34O2. The first-order valence-electron chi connectivity index (χ1n) is 8.27. The predicted molar refractivity (Wildman–Crippen MR) is 82.3 cm³/mol. The summed E-state index contributed by atoms with van der Waals surface area (Å²) in [7, 11) is 0. The summed E-state index contributed by atoms with van der Waals surface area (Å²) in [5, 5.41) is 9.62. The van der Waals surface area contributed by atoms with Gasteiger partial charge in [0, 0.05) is 12.8 Å². The molecule has 1 atom stereocenters. The average Bonchev–Trinajstić information content (AvgIpc) is 2.36. The van der Waals surface area contributed by atoms with E-state index >= 15 is 0 Å². The lowest BCUT2D eigenvalue weighted by molar-refractivity contribution is -0.121. The van der Waals surface area contributed by atoms with Crippen molar-refractivity contribution in [1.82, 2.24) is 0 Å². The van der Waals surface area contributed by atoms with Crippen LogP contribution in [0.3, 0.4) is 0 Å². The average molecular weight is 270 g/mol. The molecule has 0 aromatic heterocycles. The van der Waals surface area contributed by atoms with E-state index in [1.165, 1.54) is 44.9 Å². The van der Waals surface area contributed by atoms with E-state index in [9.17, 15) is 9.90 Å². The summed E-state index contributed by atoms with van der Waals surface area (Å²) in [4.78, 5) is 11.6. The zero-order valence-electron chi connectivity index (χ0n) is 13.3. The molecule has 2 heteroatoms. The zero-order valence-corrected chi connectivity index (χ0v) is 13.3. The molecule has 0 spiro atoms. The molecule has 0 aromatic rings. The van der Waals surface area contributed by atoms with Gasteiger partial charge in [0.15, 0.2) is 0 Å². The van der Waals surface area contributed by atoms with Gasteiger partial charge >= 0.3 is 0 Å².